The Kier molecular flexibility index (Phi) is 1.33. The number of nitrogens with zero attached hydrogens (tertiary/aromatic N) is 1. The fourth-order valence-electron chi connectivity index (χ4n) is 0.543. The van der Waals surface area contributed by atoms with Crippen LogP contribution in [0.3, 0.4) is 0 Å². The summed E-state index contributed by atoms with van der Waals surface area (Å²) in [6.07, 6.45) is 0.958. The zero-order chi connectivity index (χ0) is 6.85. The molecule has 5 heteroatoms. The molecule has 0 aliphatic carbocycles. The van der Waals surface area contributed by atoms with Gasteiger partial charge in [-0.3, -0.25) is 14.9 Å². The molecule has 0 amide bonds. The molecule has 0 N–H and O–H groups in total. The number of cyclic esters (lactones) is 1. The average molecular weight is 130 g/mol. The monoisotopic (exact) mass is 130 g/mol. The number of nitro groups is 1. The molecule has 0 aromatic carbocycles. The Balaban J connectivity index is 2.48. The first-order chi connectivity index (χ1) is 4.20. The highest BCUT2D eigenvalue weighted by Crippen LogP contribution is 2.06. The summed E-state index contributed by atoms with van der Waals surface area (Å²) in [6.45, 7) is -0.119. The minimum Gasteiger partial charge on any atom is -0.458 e. The Hall–Kier alpha value is -1.13. The molecular formula is C4H4NO4. The van der Waals surface area contributed by atoms with Gasteiger partial charge in [-0.25, -0.2) is 0 Å². The van der Waals surface area contributed by atoms with E-state index < -0.39 is 16.9 Å². The van der Waals surface area contributed by atoms with Crippen molar-refractivity contribution in [2.75, 3.05) is 6.61 Å². The van der Waals surface area contributed by atoms with Gasteiger partial charge in [-0.1, -0.05) is 0 Å². The van der Waals surface area contributed by atoms with Crippen LogP contribution in [0.25, 0.3) is 0 Å². The van der Waals surface area contributed by atoms with E-state index >= 15 is 0 Å². The molecule has 0 bridgehead atoms. The van der Waals surface area contributed by atoms with Crippen molar-refractivity contribution in [1.29, 1.82) is 0 Å². The van der Waals surface area contributed by atoms with E-state index in [-0.39, 0.29) is 6.61 Å². The van der Waals surface area contributed by atoms with E-state index in [0.29, 0.717) is 0 Å². The summed E-state index contributed by atoms with van der Waals surface area (Å²) in [5.41, 5.74) is 0. The zero-order valence-electron chi connectivity index (χ0n) is 4.44. The maximum Gasteiger partial charge on any atom is 0.317 e. The predicted molar refractivity (Wildman–Crippen MR) is 26.0 cm³/mol. The van der Waals surface area contributed by atoms with Crippen molar-refractivity contribution in [3.05, 3.63) is 16.5 Å². The molecule has 0 saturated carbocycles. The summed E-state index contributed by atoms with van der Waals surface area (Å²) in [6, 6.07) is -0.933. The lowest BCUT2D eigenvalue weighted by molar-refractivity contribution is -0.511. The zero-order valence-corrected chi connectivity index (χ0v) is 4.44. The third-order valence-electron chi connectivity index (χ3n) is 0.996. The lowest BCUT2D eigenvalue weighted by atomic mass is 10.3. The minimum absolute atomic E-state index is 0.119. The Morgan fingerprint density at radius 1 is 1.89 bits per heavy atom. The van der Waals surface area contributed by atoms with E-state index in [1.54, 1.807) is 0 Å². The average Bonchev–Trinajstić information content (AvgIpc) is 2.14. The summed E-state index contributed by atoms with van der Waals surface area (Å²) in [5.74, 6) is -0.600. The van der Waals surface area contributed by atoms with Crippen LogP contribution < -0.4 is 0 Å². The third-order valence-corrected chi connectivity index (χ3v) is 0.996. The van der Waals surface area contributed by atoms with Gasteiger partial charge in [0.15, 0.2) is 6.61 Å². The van der Waals surface area contributed by atoms with E-state index in [2.05, 4.69) is 4.74 Å². The van der Waals surface area contributed by atoms with Crippen molar-refractivity contribution in [2.24, 2.45) is 0 Å². The van der Waals surface area contributed by atoms with Crippen LogP contribution in [-0.2, 0) is 9.53 Å². The minimum atomic E-state index is -0.933. The van der Waals surface area contributed by atoms with Crippen LogP contribution in [0.15, 0.2) is 0 Å². The predicted octanol–water partition coefficient (Wildman–Crippen LogP) is -0.607. The molecule has 9 heavy (non-hydrogen) atoms. The van der Waals surface area contributed by atoms with Gasteiger partial charge < -0.3 is 4.74 Å². The van der Waals surface area contributed by atoms with Crippen LogP contribution in [0.4, 0.5) is 0 Å². The van der Waals surface area contributed by atoms with Gasteiger partial charge >= 0.3 is 5.97 Å². The van der Waals surface area contributed by atoms with E-state index in [1.807, 2.05) is 0 Å². The summed E-state index contributed by atoms with van der Waals surface area (Å²) >= 11 is 0. The molecule has 0 aromatic rings. The number of carbonyl (C=O) groups excluding carboxylic acids is 1. The Labute approximate surface area is 50.8 Å². The number of esters is 1. The van der Waals surface area contributed by atoms with Gasteiger partial charge in [0.25, 0.3) is 6.04 Å². The molecular weight excluding hydrogens is 126 g/mol. The van der Waals surface area contributed by atoms with Crippen molar-refractivity contribution < 1.29 is 14.5 Å². The van der Waals surface area contributed by atoms with Gasteiger partial charge in [-0.05, 0) is 0 Å². The van der Waals surface area contributed by atoms with Crippen LogP contribution >= 0.6 is 0 Å². The topological polar surface area (TPSA) is 69.4 Å². The van der Waals surface area contributed by atoms with Crippen LogP contribution in [0, 0.1) is 16.5 Å². The van der Waals surface area contributed by atoms with Gasteiger partial charge in [0.05, 0.1) is 0 Å². The van der Waals surface area contributed by atoms with Crippen molar-refractivity contribution in [1.82, 2.24) is 0 Å². The number of hydrogen-bond donors (Lipinski definition) is 0. The van der Waals surface area contributed by atoms with Gasteiger partial charge in [0.1, 0.15) is 6.42 Å². The smallest absolute Gasteiger partial charge is 0.317 e. The lowest BCUT2D eigenvalue weighted by Crippen LogP contribution is -2.19. The first-order valence-corrected chi connectivity index (χ1v) is 2.35. The van der Waals surface area contributed by atoms with Crippen molar-refractivity contribution in [3.63, 3.8) is 0 Å². The van der Waals surface area contributed by atoms with Crippen LogP contribution in [0.2, 0.25) is 0 Å². The van der Waals surface area contributed by atoms with Crippen LogP contribution in [0.1, 0.15) is 0 Å². The first-order valence-electron chi connectivity index (χ1n) is 2.35. The number of carbonyl (C=O) groups is 1. The molecule has 1 rings (SSSR count). The Morgan fingerprint density at radius 2 is 2.56 bits per heavy atom. The van der Waals surface area contributed by atoms with Gasteiger partial charge in [-0.2, -0.15) is 0 Å². The van der Waals surface area contributed by atoms with Crippen LogP contribution in [0.5, 0.6) is 0 Å². The summed E-state index contributed by atoms with van der Waals surface area (Å²) in [7, 11) is 0. The lowest BCUT2D eigenvalue weighted by Gasteiger charge is -1.91. The maximum absolute atomic E-state index is 10.2. The summed E-state index contributed by atoms with van der Waals surface area (Å²) in [5, 5.41) is 9.89. The quantitative estimate of drug-likeness (QED) is 0.270. The molecule has 1 saturated heterocycles. The SMILES string of the molecule is O=C1[CH]C([N+](=O)[O-])CO1. The number of hydrogen-bond acceptors (Lipinski definition) is 4. The molecule has 1 fully saturated rings. The number of rotatable bonds is 1. The molecule has 5 nitrogen and oxygen atoms in total. The maximum atomic E-state index is 10.2. The second kappa shape index (κ2) is 2.00. The van der Waals surface area contributed by atoms with E-state index in [9.17, 15) is 14.9 Å². The second-order valence-electron chi connectivity index (χ2n) is 1.65. The fourth-order valence-corrected chi connectivity index (χ4v) is 0.543. The van der Waals surface area contributed by atoms with E-state index in [1.165, 1.54) is 0 Å². The van der Waals surface area contributed by atoms with Crippen LogP contribution in [-0.4, -0.2) is 23.5 Å². The van der Waals surface area contributed by atoms with E-state index in [0.717, 1.165) is 6.42 Å². The second-order valence-corrected chi connectivity index (χ2v) is 1.65. The Morgan fingerprint density at radius 3 is 2.78 bits per heavy atom. The van der Waals surface area contributed by atoms with Gasteiger partial charge in [-0.15, -0.1) is 0 Å². The molecule has 1 aliphatic heterocycles. The van der Waals surface area contributed by atoms with Gasteiger partial charge in [0, 0.05) is 4.92 Å². The third kappa shape index (κ3) is 1.16. The molecule has 1 atom stereocenters. The molecule has 1 heterocycles. The van der Waals surface area contributed by atoms with E-state index in [4.69, 9.17) is 0 Å². The standard InChI is InChI=1S/C4H4NO4/c6-4-1-3(2-9-4)5(7)8/h1,3H,2H2. The largest absolute Gasteiger partial charge is 0.458 e. The highest BCUT2D eigenvalue weighted by atomic mass is 16.6. The number of ether oxygens (including phenoxy) is 1. The van der Waals surface area contributed by atoms with Crippen molar-refractivity contribution in [2.45, 2.75) is 6.04 Å². The summed E-state index contributed by atoms with van der Waals surface area (Å²) in [4.78, 5) is 19.5. The fraction of sp³-hybridized carbons (Fsp3) is 0.500. The molecule has 0 spiro atoms. The molecule has 1 radical (unpaired) electrons. The normalized spacial score (nSPS) is 25.8. The molecule has 1 unspecified atom stereocenters. The summed E-state index contributed by atoms with van der Waals surface area (Å²) < 4.78 is 4.29. The van der Waals surface area contributed by atoms with Crippen molar-refractivity contribution in [3.8, 4) is 0 Å². The highest BCUT2D eigenvalue weighted by Gasteiger charge is 2.33. The molecule has 49 valence electrons. The Bertz CT molecular complexity index is 155. The first kappa shape index (κ1) is 6.00. The molecule has 1 aliphatic rings. The molecule has 0 aromatic heterocycles. The van der Waals surface area contributed by atoms with Crippen molar-refractivity contribution >= 4 is 5.97 Å². The van der Waals surface area contributed by atoms with Gasteiger partial charge in [0.2, 0.25) is 0 Å². The highest BCUT2D eigenvalue weighted by molar-refractivity contribution is 5.81.